The first kappa shape index (κ1) is 83.5. The summed E-state index contributed by atoms with van der Waals surface area (Å²) >= 11 is 19.2. The van der Waals surface area contributed by atoms with Gasteiger partial charge in [0.25, 0.3) is 11.7 Å². The number of alkyl halides is 2. The monoisotopic (exact) mass is 1420 g/mol. The Labute approximate surface area is 590 Å². The van der Waals surface area contributed by atoms with E-state index in [1.165, 1.54) is 70.3 Å². The summed E-state index contributed by atoms with van der Waals surface area (Å²) in [7, 11) is 0. The Bertz CT molecular complexity index is 3320. The number of carbonyl (C=O) groups excluding carboxylic acids is 6. The number of aromatic carboxylic acids is 1. The molecule has 0 bridgehead atoms. The molecule has 14 nitrogen and oxygen atoms in total. The minimum absolute atomic E-state index is 0. The van der Waals surface area contributed by atoms with Crippen molar-refractivity contribution < 1.29 is 105 Å². The Hall–Kier alpha value is -5.49. The molecule has 0 unspecified atom stereocenters. The molecule has 1 amide bonds. The van der Waals surface area contributed by atoms with E-state index in [-0.39, 0.29) is 83.7 Å². The van der Waals surface area contributed by atoms with E-state index in [1.54, 1.807) is 12.1 Å². The Kier molecular flexibility index (Phi) is 44.3. The summed E-state index contributed by atoms with van der Waals surface area (Å²) < 4.78 is 9.55. The predicted octanol–water partition coefficient (Wildman–Crippen LogP) is 12.3. The van der Waals surface area contributed by atoms with Gasteiger partial charge in [-0.2, -0.15) is 6.42 Å². The number of nitrogens with zero attached hydrogens (tertiary/aromatic N) is 1. The second kappa shape index (κ2) is 48.3. The average Bonchev–Trinajstić information content (AvgIpc) is 1.37. The Morgan fingerprint density at radius 1 is 0.637 bits per heavy atom. The molecular formula is C71H81BrCl3N2NaO12Zn. The summed E-state index contributed by atoms with van der Waals surface area (Å²) in [6.07, 6.45) is 15.7. The van der Waals surface area contributed by atoms with Gasteiger partial charge in [0.05, 0.1) is 34.2 Å². The topological polar surface area (TPSA) is 233 Å². The fraction of sp³-hybridized carbons (Fsp3) is 0.338. The number of amides is 1. The quantitative estimate of drug-likeness (QED) is 0.0217. The SMILES string of the molecule is C.C1CCOC1.CC(=O)OCC(=O)CCc1ccccc1.O=C(CCl)CCc1ccccc1.O=C(Cl)CCl.O=C(O)c1c(O)c(CCc2ccccc2)nc2c3c(ccc12)CCCC3.O=C1Nc2c(ccc3c2CCCC3)C1=O.[CH2-]Cc1ccccc1.[Na+].[OH-].[Zn+][Br]. The molecule has 0 saturated carbocycles. The van der Waals surface area contributed by atoms with Gasteiger partial charge in [0, 0.05) is 38.4 Å². The molecule has 3 heterocycles. The third-order valence-corrected chi connectivity index (χ3v) is 15.0. The number of halogens is 4. The van der Waals surface area contributed by atoms with Crippen LogP contribution in [0.15, 0.2) is 146 Å². The van der Waals surface area contributed by atoms with Gasteiger partial charge in [-0.3, -0.25) is 28.8 Å². The number of carbonyl (C=O) groups is 7. The molecule has 0 spiro atoms. The van der Waals surface area contributed by atoms with Crippen LogP contribution in [-0.2, 0) is 108 Å². The van der Waals surface area contributed by atoms with Crippen molar-refractivity contribution in [1.29, 1.82) is 0 Å². The second-order valence-corrected chi connectivity index (χ2v) is 21.5. The third-order valence-electron chi connectivity index (χ3n) is 14.2. The standard InChI is InChI=1S/C22H21NO3.C12H11NO2.C12H14O3.C10H11ClO.C8H9.C4H8O.C2H2Cl2O.CH4.BrH.Na.H2O.Zn/c24-21-18(13-10-14-6-2-1-3-7-14)23-20-16-9-5-4-8-15(16)11-12-17(20)19(21)22(25)26;14-11-9-6-5-7-3-1-2-4-8(7)10(9)13-12(11)15;1-10(13)15-9-12(14)8-7-11-5-3-2-4-6-11;11-8-10(12)7-6-9-4-2-1-3-5-9;1-2-8-6-4-3-5-7-8;1-2-4-5-3-1;3-1-2(4)5;;;;;/h1-3,6-7,11-12,24H,4-5,8-10,13H2,(H,25,26);5-6H,1-4H2,(H,13,14,15);2-6H,7-9H2,1H3;1-5H,6-8H2;3-7H,1-2H2;1-4H2;1H2;1H4;1H;;1H2;/q;;;;-1;;;;;+1;;+2/p-2. The molecule has 2 aliphatic carbocycles. The van der Waals surface area contributed by atoms with Gasteiger partial charge in [-0.25, -0.2) is 9.78 Å². The third kappa shape index (κ3) is 30.4. The first-order valence-corrected chi connectivity index (χ1v) is 37.7. The van der Waals surface area contributed by atoms with Gasteiger partial charge in [0.15, 0.2) is 11.5 Å². The van der Waals surface area contributed by atoms with Gasteiger partial charge < -0.3 is 37.4 Å². The van der Waals surface area contributed by atoms with Crippen molar-refractivity contribution in [2.75, 3.05) is 36.9 Å². The fourth-order valence-electron chi connectivity index (χ4n) is 9.68. The molecule has 4 N–H and O–H groups in total. The van der Waals surface area contributed by atoms with Crippen LogP contribution in [0.4, 0.5) is 5.69 Å². The van der Waals surface area contributed by atoms with Gasteiger partial charge in [-0.1, -0.05) is 153 Å². The van der Waals surface area contributed by atoms with Crippen LogP contribution >= 0.6 is 48.4 Å². The number of ether oxygens (including phenoxy) is 2. The predicted molar refractivity (Wildman–Crippen MR) is 359 cm³/mol. The van der Waals surface area contributed by atoms with Crippen molar-refractivity contribution in [3.05, 3.63) is 214 Å². The van der Waals surface area contributed by atoms with Crippen LogP contribution in [0.5, 0.6) is 5.75 Å². The van der Waals surface area contributed by atoms with Gasteiger partial charge in [0.2, 0.25) is 5.24 Å². The van der Waals surface area contributed by atoms with Crippen LogP contribution in [-0.4, -0.2) is 92.7 Å². The molecule has 4 aliphatic rings. The zero-order valence-electron chi connectivity index (χ0n) is 51.3. The van der Waals surface area contributed by atoms with Crippen LogP contribution in [0, 0.1) is 6.92 Å². The van der Waals surface area contributed by atoms with E-state index in [0.717, 1.165) is 98.9 Å². The van der Waals surface area contributed by atoms with Gasteiger partial charge in [-0.15, -0.1) is 23.2 Å². The summed E-state index contributed by atoms with van der Waals surface area (Å²) in [6, 6.07) is 47.4. The number of carboxylic acids is 1. The number of esters is 1. The Morgan fingerprint density at radius 2 is 1.09 bits per heavy atom. The Balaban J connectivity index is 0.000000560. The molecule has 0 radical (unpaired) electrons. The van der Waals surface area contributed by atoms with E-state index in [1.807, 2.05) is 121 Å². The van der Waals surface area contributed by atoms with Crippen molar-refractivity contribution >= 4 is 105 Å². The molecule has 7 aromatic rings. The normalized spacial score (nSPS) is 12.4. The number of fused-ring (bicyclic) bond motifs is 6. The molecule has 2 aliphatic heterocycles. The van der Waals surface area contributed by atoms with Crippen molar-refractivity contribution in [3.8, 4) is 5.75 Å². The van der Waals surface area contributed by atoms with Gasteiger partial charge in [0.1, 0.15) is 18.0 Å². The second-order valence-electron chi connectivity index (χ2n) is 20.5. The number of carboxylic acid groups (broad SMARTS) is 1. The zero-order valence-corrected chi connectivity index (χ0v) is 60.1. The van der Waals surface area contributed by atoms with E-state index in [2.05, 4.69) is 42.7 Å². The van der Waals surface area contributed by atoms with Gasteiger partial charge >= 0.3 is 71.5 Å². The average molecular weight is 1430 g/mol. The number of aryl methyl sites for hydroxylation is 7. The van der Waals surface area contributed by atoms with Crippen LogP contribution in [0.1, 0.15) is 137 Å². The van der Waals surface area contributed by atoms with Crippen molar-refractivity contribution in [2.24, 2.45) is 0 Å². The molecule has 1 aromatic heterocycles. The molecule has 6 aromatic carbocycles. The molecule has 0 atom stereocenters. The number of hydrogen-bond acceptors (Lipinski definition) is 12. The van der Waals surface area contributed by atoms with E-state index >= 15 is 0 Å². The summed E-state index contributed by atoms with van der Waals surface area (Å²) in [5.41, 5.74) is 12.2. The maximum absolute atomic E-state index is 11.8. The first-order chi connectivity index (χ1) is 42.6. The number of aromatic hydroxyl groups is 1. The summed E-state index contributed by atoms with van der Waals surface area (Å²) in [4.78, 5) is 81.3. The Morgan fingerprint density at radius 3 is 1.53 bits per heavy atom. The number of hydrogen-bond donors (Lipinski definition) is 3. The number of aromatic nitrogens is 1. The minimum atomic E-state index is -1.10. The number of nitrogens with one attached hydrogen (secondary N) is 1. The molecule has 11 rings (SSSR count). The van der Waals surface area contributed by atoms with Crippen LogP contribution < -0.4 is 34.9 Å². The fourth-order valence-corrected chi connectivity index (χ4v) is 9.82. The number of benzene rings is 6. The summed E-state index contributed by atoms with van der Waals surface area (Å²) in [5.74, 6) is -2.49. The molecular weight excluding hydrogens is 1350 g/mol. The van der Waals surface area contributed by atoms with E-state index in [0.29, 0.717) is 48.7 Å². The maximum atomic E-state index is 11.8. The molecule has 91 heavy (non-hydrogen) atoms. The van der Waals surface area contributed by atoms with E-state index in [4.69, 9.17) is 44.5 Å². The molecule has 1 saturated heterocycles. The van der Waals surface area contributed by atoms with Gasteiger partial charge in [-0.05, 0) is 147 Å². The number of anilines is 1. The van der Waals surface area contributed by atoms with Crippen LogP contribution in [0.3, 0.4) is 0 Å². The number of rotatable bonds is 15. The first-order valence-electron chi connectivity index (χ1n) is 29.3. The molecule has 478 valence electrons. The zero-order chi connectivity index (χ0) is 64.1. The number of pyridine rings is 1. The number of ketones is 3. The summed E-state index contributed by atoms with van der Waals surface area (Å²) in [6.45, 7) is 6.94. The van der Waals surface area contributed by atoms with Crippen LogP contribution in [0.25, 0.3) is 10.9 Å². The van der Waals surface area contributed by atoms with Crippen LogP contribution in [0.2, 0.25) is 0 Å². The van der Waals surface area contributed by atoms with E-state index in [9.17, 15) is 43.8 Å². The van der Waals surface area contributed by atoms with Crippen molar-refractivity contribution in [3.63, 3.8) is 0 Å². The van der Waals surface area contributed by atoms with Crippen molar-refractivity contribution in [2.45, 2.75) is 124 Å². The number of Topliss-reactive ketones (excluding diaryl/α,β-unsaturated/α-hetero) is 3. The summed E-state index contributed by atoms with van der Waals surface area (Å²) in [5, 5.41) is 23.0. The van der Waals surface area contributed by atoms with E-state index < -0.39 is 28.9 Å². The van der Waals surface area contributed by atoms with Crippen molar-refractivity contribution in [1.82, 2.24) is 4.98 Å². The molecule has 20 heteroatoms. The molecule has 1 fully saturated rings.